The molecule has 2 heterocycles. The van der Waals surface area contributed by atoms with E-state index in [0.717, 1.165) is 11.0 Å². The van der Waals surface area contributed by atoms with E-state index in [1.807, 2.05) is 24.3 Å². The second kappa shape index (κ2) is 8.47. The van der Waals surface area contributed by atoms with Gasteiger partial charge in [0.2, 0.25) is 0 Å². The monoisotopic (exact) mass is 497 g/mol. The van der Waals surface area contributed by atoms with Crippen molar-refractivity contribution in [3.8, 4) is 5.75 Å². The number of halogens is 2. The van der Waals surface area contributed by atoms with Gasteiger partial charge in [0.1, 0.15) is 6.61 Å². The van der Waals surface area contributed by atoms with Crippen molar-refractivity contribution >= 4 is 62.3 Å². The molecule has 5 rings (SSSR count). The quantitative estimate of drug-likeness (QED) is 0.244. The molecule has 0 saturated heterocycles. The third kappa shape index (κ3) is 4.04. The Bertz CT molecular complexity index is 1640. The minimum Gasteiger partial charge on any atom is -0.486 e. The Kier molecular flexibility index (Phi) is 5.49. The van der Waals surface area contributed by atoms with Crippen molar-refractivity contribution in [2.45, 2.75) is 6.61 Å². The van der Waals surface area contributed by atoms with Crippen molar-refractivity contribution in [1.29, 1.82) is 0 Å². The van der Waals surface area contributed by atoms with E-state index in [2.05, 4.69) is 4.98 Å². The van der Waals surface area contributed by atoms with Crippen LogP contribution in [-0.4, -0.2) is 14.3 Å². The molecule has 164 valence electrons. The van der Waals surface area contributed by atoms with E-state index >= 15 is 0 Å². The predicted octanol–water partition coefficient (Wildman–Crippen LogP) is 5.25. The van der Waals surface area contributed by atoms with Crippen LogP contribution in [0.5, 0.6) is 5.75 Å². The van der Waals surface area contributed by atoms with Crippen LogP contribution in [0.2, 0.25) is 10.0 Å². The molecule has 3 aromatic carbocycles. The Morgan fingerprint density at radius 1 is 1.09 bits per heavy atom. The number of aromatic nitrogens is 2. The Morgan fingerprint density at radius 2 is 1.85 bits per heavy atom. The molecular formula is C23H13Cl2N3O4S. The van der Waals surface area contributed by atoms with Gasteiger partial charge in [0.05, 0.1) is 30.5 Å². The van der Waals surface area contributed by atoms with Gasteiger partial charge in [-0.15, -0.1) is 0 Å². The number of ether oxygens (including phenoxy) is 1. The SMILES string of the molecule is O=c1/c(=C/c2cc(Cl)c(OCc3cccc([N+](=O)[O-])c3)c(Cl)c2)sc2nc3ccccc3n12. The number of hydrogen-bond acceptors (Lipinski definition) is 6. The van der Waals surface area contributed by atoms with E-state index in [-0.39, 0.29) is 33.6 Å². The summed E-state index contributed by atoms with van der Waals surface area (Å²) in [6.45, 7) is 0.0596. The van der Waals surface area contributed by atoms with Crippen molar-refractivity contribution in [3.05, 3.63) is 107 Å². The van der Waals surface area contributed by atoms with Gasteiger partial charge in [-0.3, -0.25) is 14.9 Å². The number of thiazole rings is 1. The van der Waals surface area contributed by atoms with Crippen molar-refractivity contribution in [2.75, 3.05) is 0 Å². The Hall–Kier alpha value is -3.46. The normalized spacial score (nSPS) is 12.0. The highest BCUT2D eigenvalue weighted by Crippen LogP contribution is 2.35. The molecule has 2 aromatic heterocycles. The molecule has 0 fully saturated rings. The van der Waals surface area contributed by atoms with Crippen LogP contribution < -0.4 is 14.8 Å². The number of rotatable bonds is 5. The number of imidazole rings is 1. The summed E-state index contributed by atoms with van der Waals surface area (Å²) in [6, 6.07) is 16.9. The van der Waals surface area contributed by atoms with Gasteiger partial charge in [-0.2, -0.15) is 0 Å². The molecule has 0 spiro atoms. The number of non-ortho nitro benzene ring substituents is 1. The van der Waals surface area contributed by atoms with E-state index < -0.39 is 4.92 Å². The highest BCUT2D eigenvalue weighted by Gasteiger charge is 2.13. The summed E-state index contributed by atoms with van der Waals surface area (Å²) in [5.41, 5.74) is 2.58. The van der Waals surface area contributed by atoms with Crippen LogP contribution in [0.3, 0.4) is 0 Å². The molecule has 0 radical (unpaired) electrons. The van der Waals surface area contributed by atoms with Gasteiger partial charge in [0, 0.05) is 12.1 Å². The van der Waals surface area contributed by atoms with E-state index in [1.54, 1.807) is 34.7 Å². The summed E-state index contributed by atoms with van der Waals surface area (Å²) in [5.74, 6) is 0.260. The molecule has 0 aliphatic heterocycles. The molecule has 0 aliphatic rings. The number of para-hydroxylation sites is 2. The van der Waals surface area contributed by atoms with Crippen LogP contribution in [0.25, 0.3) is 22.1 Å². The van der Waals surface area contributed by atoms with Gasteiger partial charge in [-0.25, -0.2) is 9.38 Å². The average Bonchev–Trinajstić information content (AvgIpc) is 3.29. The van der Waals surface area contributed by atoms with E-state index in [4.69, 9.17) is 27.9 Å². The van der Waals surface area contributed by atoms with Crippen LogP contribution in [0, 0.1) is 10.1 Å². The Balaban J connectivity index is 1.46. The number of nitro groups is 1. The summed E-state index contributed by atoms with van der Waals surface area (Å²) in [4.78, 5) is 28.5. The number of nitrogens with zero attached hydrogens (tertiary/aromatic N) is 3. The molecule has 0 bridgehead atoms. The fourth-order valence-corrected chi connectivity index (χ4v) is 5.08. The van der Waals surface area contributed by atoms with E-state index in [9.17, 15) is 14.9 Å². The van der Waals surface area contributed by atoms with Gasteiger partial charge in [0.25, 0.3) is 11.2 Å². The van der Waals surface area contributed by atoms with Crippen LogP contribution in [-0.2, 0) is 6.61 Å². The summed E-state index contributed by atoms with van der Waals surface area (Å²) < 4.78 is 7.82. The smallest absolute Gasteiger partial charge is 0.274 e. The first-order chi connectivity index (χ1) is 15.9. The largest absolute Gasteiger partial charge is 0.486 e. The van der Waals surface area contributed by atoms with Gasteiger partial charge >= 0.3 is 0 Å². The average molecular weight is 498 g/mol. The zero-order valence-electron chi connectivity index (χ0n) is 16.7. The molecule has 0 unspecified atom stereocenters. The summed E-state index contributed by atoms with van der Waals surface area (Å²) >= 11 is 14.1. The number of benzene rings is 3. The summed E-state index contributed by atoms with van der Waals surface area (Å²) in [5, 5.41) is 11.5. The molecule has 33 heavy (non-hydrogen) atoms. The third-order valence-corrected chi connectivity index (χ3v) is 6.50. The maximum atomic E-state index is 12.9. The second-order valence-electron chi connectivity index (χ2n) is 7.16. The maximum Gasteiger partial charge on any atom is 0.274 e. The number of hydrogen-bond donors (Lipinski definition) is 0. The third-order valence-electron chi connectivity index (χ3n) is 4.97. The standard InChI is InChI=1S/C23H13Cl2N3O4S/c24-16-9-14(10-17(25)21(16)32-12-13-4-3-5-15(8-13)28(30)31)11-20-22(29)27-19-7-2-1-6-18(19)26-23(27)33-20/h1-11H,12H2/b20-11-. The van der Waals surface area contributed by atoms with Gasteiger partial charge in [0.15, 0.2) is 10.7 Å². The van der Waals surface area contributed by atoms with Gasteiger partial charge in [-0.1, -0.05) is 58.8 Å². The minimum absolute atomic E-state index is 0.0262. The number of nitro benzene ring substituents is 1. The van der Waals surface area contributed by atoms with Crippen LogP contribution >= 0.6 is 34.5 Å². The molecule has 0 aliphatic carbocycles. The zero-order valence-corrected chi connectivity index (χ0v) is 19.0. The number of fused-ring (bicyclic) bond motifs is 3. The molecule has 10 heteroatoms. The summed E-state index contributed by atoms with van der Waals surface area (Å²) in [6.07, 6.45) is 1.71. The van der Waals surface area contributed by atoms with Crippen LogP contribution in [0.15, 0.2) is 65.5 Å². The Morgan fingerprint density at radius 3 is 2.61 bits per heavy atom. The predicted molar refractivity (Wildman–Crippen MR) is 130 cm³/mol. The molecule has 5 aromatic rings. The lowest BCUT2D eigenvalue weighted by Gasteiger charge is -2.11. The van der Waals surface area contributed by atoms with Crippen molar-refractivity contribution in [2.24, 2.45) is 0 Å². The van der Waals surface area contributed by atoms with Crippen molar-refractivity contribution in [3.63, 3.8) is 0 Å². The molecule has 0 saturated carbocycles. The zero-order chi connectivity index (χ0) is 23.1. The maximum absolute atomic E-state index is 12.9. The molecule has 0 atom stereocenters. The van der Waals surface area contributed by atoms with Crippen molar-refractivity contribution < 1.29 is 9.66 Å². The molecule has 0 amide bonds. The topological polar surface area (TPSA) is 86.7 Å². The highest BCUT2D eigenvalue weighted by molar-refractivity contribution is 7.15. The second-order valence-corrected chi connectivity index (χ2v) is 8.99. The fraction of sp³-hybridized carbons (Fsp3) is 0.0435. The fourth-order valence-electron chi connectivity index (χ4n) is 3.48. The lowest BCUT2D eigenvalue weighted by Crippen LogP contribution is -2.22. The highest BCUT2D eigenvalue weighted by atomic mass is 35.5. The van der Waals surface area contributed by atoms with E-state index in [0.29, 0.717) is 20.6 Å². The Labute approximate surface area is 200 Å². The molecule has 0 N–H and O–H groups in total. The molecule has 7 nitrogen and oxygen atoms in total. The van der Waals surface area contributed by atoms with Gasteiger partial charge in [-0.05, 0) is 41.5 Å². The lowest BCUT2D eigenvalue weighted by atomic mass is 10.2. The van der Waals surface area contributed by atoms with Crippen LogP contribution in [0.1, 0.15) is 11.1 Å². The first kappa shape index (κ1) is 21.4. The van der Waals surface area contributed by atoms with E-state index in [1.165, 1.54) is 23.5 Å². The van der Waals surface area contributed by atoms with Crippen molar-refractivity contribution in [1.82, 2.24) is 9.38 Å². The first-order valence-corrected chi connectivity index (χ1v) is 11.2. The minimum atomic E-state index is -0.469. The van der Waals surface area contributed by atoms with Crippen LogP contribution in [0.4, 0.5) is 5.69 Å². The first-order valence-electron chi connectivity index (χ1n) is 9.67. The summed E-state index contributed by atoms with van der Waals surface area (Å²) in [7, 11) is 0. The van der Waals surface area contributed by atoms with Gasteiger partial charge < -0.3 is 4.74 Å². The molecular weight excluding hydrogens is 485 g/mol. The lowest BCUT2D eigenvalue weighted by molar-refractivity contribution is -0.384.